The summed E-state index contributed by atoms with van der Waals surface area (Å²) >= 11 is 0. The number of anilines is 2. The number of carbonyl (C=O) groups excluding carboxylic acids is 1. The molecule has 0 heterocycles. The van der Waals surface area contributed by atoms with Crippen molar-refractivity contribution in [3.63, 3.8) is 0 Å². The molecule has 0 saturated heterocycles. The molecule has 24 heavy (non-hydrogen) atoms. The van der Waals surface area contributed by atoms with Crippen LogP contribution in [0.5, 0.6) is 5.75 Å². The number of sulfonamides is 1. The van der Waals surface area contributed by atoms with Gasteiger partial charge >= 0.3 is 0 Å². The van der Waals surface area contributed by atoms with Crippen LogP contribution in [-0.4, -0.2) is 27.7 Å². The zero-order valence-corrected chi connectivity index (χ0v) is 14.1. The van der Waals surface area contributed by atoms with E-state index in [2.05, 4.69) is 10.0 Å². The van der Waals surface area contributed by atoms with Gasteiger partial charge in [0.05, 0.1) is 19.1 Å². The summed E-state index contributed by atoms with van der Waals surface area (Å²) in [4.78, 5) is 11.8. The lowest BCUT2D eigenvalue weighted by atomic mass is 10.1. The quantitative estimate of drug-likeness (QED) is 0.705. The van der Waals surface area contributed by atoms with E-state index in [0.717, 1.165) is 6.26 Å². The first-order valence-corrected chi connectivity index (χ1v) is 8.96. The number of hydrogen-bond donors (Lipinski definition) is 3. The fourth-order valence-corrected chi connectivity index (χ4v) is 2.77. The van der Waals surface area contributed by atoms with Gasteiger partial charge in [-0.15, -0.1) is 0 Å². The number of methoxy groups -OCH3 is 1. The Hall–Kier alpha value is -2.74. The third-order valence-corrected chi connectivity index (χ3v) is 3.81. The van der Waals surface area contributed by atoms with Crippen molar-refractivity contribution >= 4 is 27.3 Å². The van der Waals surface area contributed by atoms with Crippen molar-refractivity contribution in [2.24, 2.45) is 5.73 Å². The van der Waals surface area contributed by atoms with E-state index < -0.39 is 22.0 Å². The molecule has 4 N–H and O–H groups in total. The van der Waals surface area contributed by atoms with Crippen molar-refractivity contribution in [2.45, 2.75) is 6.04 Å². The Morgan fingerprint density at radius 3 is 2.38 bits per heavy atom. The van der Waals surface area contributed by atoms with Crippen LogP contribution in [0.15, 0.2) is 48.5 Å². The monoisotopic (exact) mass is 349 g/mol. The Morgan fingerprint density at radius 2 is 1.83 bits per heavy atom. The van der Waals surface area contributed by atoms with Gasteiger partial charge in [0.15, 0.2) is 0 Å². The molecule has 0 fully saturated rings. The maximum Gasteiger partial charge on any atom is 0.244 e. The minimum Gasteiger partial charge on any atom is -0.495 e. The summed E-state index contributed by atoms with van der Waals surface area (Å²) in [5.41, 5.74) is 6.97. The summed E-state index contributed by atoms with van der Waals surface area (Å²) in [5.74, 6) is -0.184. The predicted molar refractivity (Wildman–Crippen MR) is 93.5 cm³/mol. The van der Waals surface area contributed by atoms with Crippen LogP contribution >= 0.6 is 0 Å². The van der Waals surface area contributed by atoms with Crippen LogP contribution in [0.2, 0.25) is 0 Å². The first-order chi connectivity index (χ1) is 11.3. The van der Waals surface area contributed by atoms with Gasteiger partial charge in [0, 0.05) is 5.69 Å². The molecule has 7 nitrogen and oxygen atoms in total. The number of primary amides is 1. The summed E-state index contributed by atoms with van der Waals surface area (Å²) in [6.07, 6.45) is 1.04. The molecule has 8 heteroatoms. The average Bonchev–Trinajstić information content (AvgIpc) is 2.52. The number of nitrogens with two attached hydrogens (primary N) is 1. The molecule has 128 valence electrons. The first kappa shape index (κ1) is 17.6. The second-order valence-corrected chi connectivity index (χ2v) is 6.93. The number of benzene rings is 2. The molecule has 0 aliphatic carbocycles. The van der Waals surface area contributed by atoms with Gasteiger partial charge in [-0.2, -0.15) is 0 Å². The molecule has 0 saturated carbocycles. The Bertz CT molecular complexity index is 822. The maximum atomic E-state index is 11.8. The minimum absolute atomic E-state index is 0.265. The van der Waals surface area contributed by atoms with Crippen LogP contribution in [0.3, 0.4) is 0 Å². The fourth-order valence-electron chi connectivity index (χ4n) is 2.21. The summed E-state index contributed by atoms with van der Waals surface area (Å²) in [6.45, 7) is 0. The van der Waals surface area contributed by atoms with Crippen LogP contribution in [-0.2, 0) is 14.8 Å². The van der Waals surface area contributed by atoms with E-state index in [1.54, 1.807) is 42.5 Å². The molecule has 1 unspecified atom stereocenters. The number of hydrogen-bond acceptors (Lipinski definition) is 5. The SMILES string of the molecule is COc1ccc(NC(C(N)=O)c2ccccc2)cc1NS(C)(=O)=O. The van der Waals surface area contributed by atoms with Gasteiger partial charge < -0.3 is 15.8 Å². The fraction of sp³-hybridized carbons (Fsp3) is 0.188. The van der Waals surface area contributed by atoms with Crippen LogP contribution < -0.4 is 20.5 Å². The first-order valence-electron chi connectivity index (χ1n) is 7.07. The highest BCUT2D eigenvalue weighted by atomic mass is 32.2. The molecule has 2 aromatic carbocycles. The standard InChI is InChI=1S/C16H19N3O4S/c1-23-14-9-8-12(10-13(14)19-24(2,21)22)18-15(16(17)20)11-6-4-3-5-7-11/h3-10,15,18-19H,1-2H3,(H2,17,20). The highest BCUT2D eigenvalue weighted by Crippen LogP contribution is 2.30. The van der Waals surface area contributed by atoms with E-state index >= 15 is 0 Å². The second kappa shape index (κ2) is 7.22. The van der Waals surface area contributed by atoms with Gasteiger partial charge in [-0.3, -0.25) is 9.52 Å². The van der Waals surface area contributed by atoms with E-state index in [-0.39, 0.29) is 5.69 Å². The number of carbonyl (C=O) groups is 1. The van der Waals surface area contributed by atoms with E-state index in [1.807, 2.05) is 6.07 Å². The molecule has 0 aliphatic rings. The number of ether oxygens (including phenoxy) is 1. The third-order valence-electron chi connectivity index (χ3n) is 3.22. The molecule has 2 rings (SSSR count). The van der Waals surface area contributed by atoms with Crippen molar-refractivity contribution in [1.82, 2.24) is 0 Å². The lowest BCUT2D eigenvalue weighted by Crippen LogP contribution is -2.27. The van der Waals surface area contributed by atoms with Crippen molar-refractivity contribution in [3.05, 3.63) is 54.1 Å². The topological polar surface area (TPSA) is 111 Å². The Kier molecular flexibility index (Phi) is 5.30. The van der Waals surface area contributed by atoms with Gasteiger partial charge in [0.25, 0.3) is 0 Å². The Morgan fingerprint density at radius 1 is 1.17 bits per heavy atom. The van der Waals surface area contributed by atoms with Gasteiger partial charge in [-0.25, -0.2) is 8.42 Å². The van der Waals surface area contributed by atoms with Gasteiger partial charge in [0.2, 0.25) is 15.9 Å². The molecule has 0 radical (unpaired) electrons. The molecule has 2 aromatic rings. The highest BCUT2D eigenvalue weighted by molar-refractivity contribution is 7.92. The lowest BCUT2D eigenvalue weighted by molar-refractivity contribution is -0.118. The van der Waals surface area contributed by atoms with Crippen molar-refractivity contribution in [2.75, 3.05) is 23.4 Å². The lowest BCUT2D eigenvalue weighted by Gasteiger charge is -2.19. The maximum absolute atomic E-state index is 11.8. The number of nitrogens with one attached hydrogen (secondary N) is 2. The molecule has 0 aliphatic heterocycles. The molecular formula is C16H19N3O4S. The van der Waals surface area contributed by atoms with Gasteiger partial charge in [0.1, 0.15) is 11.8 Å². The normalized spacial score (nSPS) is 12.2. The largest absolute Gasteiger partial charge is 0.495 e. The second-order valence-electron chi connectivity index (χ2n) is 5.18. The molecular weight excluding hydrogens is 330 g/mol. The Balaban J connectivity index is 2.34. The molecule has 0 bridgehead atoms. The van der Waals surface area contributed by atoms with Crippen LogP contribution in [0.25, 0.3) is 0 Å². The molecule has 1 atom stereocenters. The summed E-state index contributed by atoms with van der Waals surface area (Å²) in [7, 11) is -2.04. The zero-order valence-electron chi connectivity index (χ0n) is 13.3. The third kappa shape index (κ3) is 4.63. The van der Waals surface area contributed by atoms with Crippen LogP contribution in [0, 0.1) is 0 Å². The van der Waals surface area contributed by atoms with Crippen molar-refractivity contribution < 1.29 is 17.9 Å². The van der Waals surface area contributed by atoms with Gasteiger partial charge in [-0.1, -0.05) is 30.3 Å². The number of amides is 1. The van der Waals surface area contributed by atoms with E-state index in [4.69, 9.17) is 10.5 Å². The predicted octanol–water partition coefficient (Wildman–Crippen LogP) is 1.71. The Labute approximate surface area is 140 Å². The molecule has 0 aromatic heterocycles. The van der Waals surface area contributed by atoms with Crippen LogP contribution in [0.4, 0.5) is 11.4 Å². The van der Waals surface area contributed by atoms with Crippen molar-refractivity contribution in [3.8, 4) is 5.75 Å². The van der Waals surface area contributed by atoms with Crippen molar-refractivity contribution in [1.29, 1.82) is 0 Å². The van der Waals surface area contributed by atoms with E-state index in [9.17, 15) is 13.2 Å². The molecule has 0 spiro atoms. The minimum atomic E-state index is -3.47. The van der Waals surface area contributed by atoms with E-state index in [0.29, 0.717) is 17.0 Å². The number of rotatable bonds is 7. The summed E-state index contributed by atoms with van der Waals surface area (Å²) in [6, 6.07) is 13.1. The summed E-state index contributed by atoms with van der Waals surface area (Å²) in [5, 5.41) is 3.01. The smallest absolute Gasteiger partial charge is 0.244 e. The van der Waals surface area contributed by atoms with Gasteiger partial charge in [-0.05, 0) is 23.8 Å². The summed E-state index contributed by atoms with van der Waals surface area (Å²) < 4.78 is 30.5. The average molecular weight is 349 g/mol. The van der Waals surface area contributed by atoms with Crippen LogP contribution in [0.1, 0.15) is 11.6 Å². The zero-order chi connectivity index (χ0) is 17.7. The molecule has 1 amide bonds. The highest BCUT2D eigenvalue weighted by Gasteiger charge is 2.18. The van der Waals surface area contributed by atoms with E-state index in [1.165, 1.54) is 7.11 Å².